The van der Waals surface area contributed by atoms with Crippen LogP contribution >= 0.6 is 0 Å². The summed E-state index contributed by atoms with van der Waals surface area (Å²) < 4.78 is 28.2. The first kappa shape index (κ1) is 10.9. The summed E-state index contributed by atoms with van der Waals surface area (Å²) in [5.74, 6) is 1.38. The van der Waals surface area contributed by atoms with Crippen molar-refractivity contribution in [1.29, 1.82) is 0 Å². The monoisotopic (exact) mass is 192 g/mol. The van der Waals surface area contributed by atoms with Gasteiger partial charge in [-0.3, -0.25) is 0 Å². The normalized spacial score (nSPS) is 30.0. The maximum atomic E-state index is 11.9. The van der Waals surface area contributed by atoms with E-state index in [1.165, 1.54) is 0 Å². The van der Waals surface area contributed by atoms with Crippen LogP contribution in [0.25, 0.3) is 0 Å². The van der Waals surface area contributed by atoms with Gasteiger partial charge >= 0.3 is 6.61 Å². The highest BCUT2D eigenvalue weighted by atomic mass is 19.3. The molecule has 0 spiro atoms. The van der Waals surface area contributed by atoms with Gasteiger partial charge in [-0.15, -0.1) is 0 Å². The van der Waals surface area contributed by atoms with Crippen molar-refractivity contribution in [1.82, 2.24) is 0 Å². The molecule has 1 saturated carbocycles. The van der Waals surface area contributed by atoms with Gasteiger partial charge in [0.05, 0.1) is 6.10 Å². The molecule has 0 heterocycles. The Bertz CT molecular complexity index is 140. The molecule has 0 aromatic rings. The molecule has 1 rings (SSSR count). The van der Waals surface area contributed by atoms with E-state index in [2.05, 4.69) is 18.6 Å². The van der Waals surface area contributed by atoms with Gasteiger partial charge in [-0.05, 0) is 37.5 Å². The molecule has 1 nitrogen and oxygen atoms in total. The average molecular weight is 192 g/mol. The Balaban J connectivity index is 2.22. The molecule has 1 aliphatic rings. The summed E-state index contributed by atoms with van der Waals surface area (Å²) in [5.41, 5.74) is 0. The molecular weight excluding hydrogens is 174 g/mol. The van der Waals surface area contributed by atoms with E-state index >= 15 is 0 Å². The molecule has 0 saturated heterocycles. The van der Waals surface area contributed by atoms with Crippen LogP contribution in [0.2, 0.25) is 0 Å². The number of halogens is 2. The molecule has 1 fully saturated rings. The molecule has 78 valence electrons. The maximum absolute atomic E-state index is 11.9. The van der Waals surface area contributed by atoms with E-state index in [0.717, 1.165) is 25.7 Å². The first-order chi connectivity index (χ1) is 6.09. The second-order valence-corrected chi connectivity index (χ2v) is 4.18. The van der Waals surface area contributed by atoms with Crippen LogP contribution in [0.3, 0.4) is 0 Å². The van der Waals surface area contributed by atoms with Crippen LogP contribution in [0.5, 0.6) is 0 Å². The zero-order valence-electron chi connectivity index (χ0n) is 8.30. The van der Waals surface area contributed by atoms with Crippen molar-refractivity contribution in [2.24, 2.45) is 11.8 Å². The summed E-state index contributed by atoms with van der Waals surface area (Å²) in [6, 6.07) is 0. The molecule has 0 amide bonds. The Labute approximate surface area is 78.5 Å². The highest BCUT2D eigenvalue weighted by molar-refractivity contribution is 4.74. The van der Waals surface area contributed by atoms with Gasteiger partial charge in [0.1, 0.15) is 0 Å². The molecule has 0 unspecified atom stereocenters. The fourth-order valence-corrected chi connectivity index (χ4v) is 2.04. The minimum atomic E-state index is -2.60. The second-order valence-electron chi connectivity index (χ2n) is 4.18. The van der Waals surface area contributed by atoms with Crippen molar-refractivity contribution in [3.63, 3.8) is 0 Å². The highest BCUT2D eigenvalue weighted by Gasteiger charge is 2.25. The molecule has 0 bridgehead atoms. The summed E-state index contributed by atoms with van der Waals surface area (Å²) in [5, 5.41) is 0. The van der Waals surface area contributed by atoms with Gasteiger partial charge in [0.2, 0.25) is 0 Å². The summed E-state index contributed by atoms with van der Waals surface area (Å²) in [4.78, 5) is 0. The zero-order valence-corrected chi connectivity index (χ0v) is 8.30. The lowest BCUT2D eigenvalue weighted by atomic mass is 9.80. The van der Waals surface area contributed by atoms with Gasteiger partial charge in [-0.2, -0.15) is 8.78 Å². The van der Waals surface area contributed by atoms with Gasteiger partial charge in [0.25, 0.3) is 0 Å². The molecule has 0 N–H and O–H groups in total. The van der Waals surface area contributed by atoms with Crippen molar-refractivity contribution in [2.45, 2.75) is 52.2 Å². The molecule has 0 radical (unpaired) electrons. The molecule has 0 aliphatic heterocycles. The number of hydrogen-bond donors (Lipinski definition) is 0. The Hall–Kier alpha value is -0.180. The van der Waals surface area contributed by atoms with Crippen molar-refractivity contribution >= 4 is 0 Å². The number of hydrogen-bond acceptors (Lipinski definition) is 1. The molecule has 3 heteroatoms. The van der Waals surface area contributed by atoms with Crippen molar-refractivity contribution in [3.8, 4) is 0 Å². The second kappa shape index (κ2) is 4.89. The average Bonchev–Trinajstić information content (AvgIpc) is 2.04. The Morgan fingerprint density at radius 1 is 1.08 bits per heavy atom. The van der Waals surface area contributed by atoms with E-state index in [9.17, 15) is 8.78 Å². The quantitative estimate of drug-likeness (QED) is 0.665. The minimum absolute atomic E-state index is 0.199. The highest BCUT2D eigenvalue weighted by Crippen LogP contribution is 2.31. The lowest BCUT2D eigenvalue weighted by molar-refractivity contribution is -0.172. The predicted molar refractivity (Wildman–Crippen MR) is 47.7 cm³/mol. The molecular formula is C10H18F2O. The van der Waals surface area contributed by atoms with E-state index < -0.39 is 6.61 Å². The van der Waals surface area contributed by atoms with Crippen molar-refractivity contribution in [2.75, 3.05) is 0 Å². The largest absolute Gasteiger partial charge is 0.345 e. The van der Waals surface area contributed by atoms with E-state index in [-0.39, 0.29) is 6.10 Å². The van der Waals surface area contributed by atoms with Crippen LogP contribution in [-0.4, -0.2) is 12.7 Å². The topological polar surface area (TPSA) is 9.23 Å². The Kier molecular flexibility index (Phi) is 4.10. The third kappa shape index (κ3) is 3.59. The van der Waals surface area contributed by atoms with E-state index in [1.807, 2.05) is 0 Å². The Morgan fingerprint density at radius 2 is 1.62 bits per heavy atom. The van der Waals surface area contributed by atoms with Gasteiger partial charge in [0.15, 0.2) is 0 Å². The molecule has 13 heavy (non-hydrogen) atoms. The third-order valence-corrected chi connectivity index (χ3v) is 2.96. The number of alkyl halides is 2. The van der Waals surface area contributed by atoms with Gasteiger partial charge < -0.3 is 4.74 Å². The number of ether oxygens (including phenoxy) is 1. The fraction of sp³-hybridized carbons (Fsp3) is 1.00. The number of rotatable bonds is 3. The minimum Gasteiger partial charge on any atom is -0.320 e. The van der Waals surface area contributed by atoms with E-state index in [4.69, 9.17) is 0 Å². The zero-order chi connectivity index (χ0) is 9.84. The smallest absolute Gasteiger partial charge is 0.320 e. The Morgan fingerprint density at radius 3 is 2.00 bits per heavy atom. The fourth-order valence-electron chi connectivity index (χ4n) is 2.04. The third-order valence-electron chi connectivity index (χ3n) is 2.96. The van der Waals surface area contributed by atoms with Gasteiger partial charge in [0, 0.05) is 0 Å². The van der Waals surface area contributed by atoms with E-state index in [1.54, 1.807) is 0 Å². The lowest BCUT2D eigenvalue weighted by Gasteiger charge is -2.30. The maximum Gasteiger partial charge on any atom is 0.345 e. The summed E-state index contributed by atoms with van der Waals surface area (Å²) >= 11 is 0. The first-order valence-electron chi connectivity index (χ1n) is 5.03. The lowest BCUT2D eigenvalue weighted by Crippen LogP contribution is -2.25. The van der Waals surface area contributed by atoms with Crippen LogP contribution < -0.4 is 0 Å². The standard InChI is InChI=1S/C10H18F2O/c1-7(2)8-3-5-9(6-4-8)13-10(11)12/h7-10H,3-6H2,1-2H3. The summed E-state index contributed by atoms with van der Waals surface area (Å²) in [6.07, 6.45) is 3.47. The van der Waals surface area contributed by atoms with E-state index in [0.29, 0.717) is 11.8 Å². The molecule has 0 atom stereocenters. The predicted octanol–water partition coefficient (Wildman–Crippen LogP) is 3.44. The van der Waals surface area contributed by atoms with Crippen LogP contribution in [0, 0.1) is 11.8 Å². The van der Waals surface area contributed by atoms with Gasteiger partial charge in [-0.25, -0.2) is 0 Å². The van der Waals surface area contributed by atoms with Crippen LogP contribution in [0.4, 0.5) is 8.78 Å². The molecule has 1 aliphatic carbocycles. The summed E-state index contributed by atoms with van der Waals surface area (Å²) in [6.45, 7) is 1.79. The summed E-state index contributed by atoms with van der Waals surface area (Å²) in [7, 11) is 0. The SMILES string of the molecule is CC(C)C1CCC(OC(F)F)CC1. The first-order valence-corrected chi connectivity index (χ1v) is 5.03. The van der Waals surface area contributed by atoms with Crippen molar-refractivity contribution < 1.29 is 13.5 Å². The van der Waals surface area contributed by atoms with Crippen LogP contribution in [0.1, 0.15) is 39.5 Å². The molecule has 0 aromatic carbocycles. The van der Waals surface area contributed by atoms with Gasteiger partial charge in [-0.1, -0.05) is 13.8 Å². The van der Waals surface area contributed by atoms with Crippen molar-refractivity contribution in [3.05, 3.63) is 0 Å². The van der Waals surface area contributed by atoms with Crippen LogP contribution in [0.15, 0.2) is 0 Å². The molecule has 0 aromatic heterocycles. The van der Waals surface area contributed by atoms with Crippen LogP contribution in [-0.2, 0) is 4.74 Å².